The van der Waals surface area contributed by atoms with Crippen molar-refractivity contribution in [1.29, 1.82) is 0 Å². The molecule has 0 aromatic rings. The van der Waals surface area contributed by atoms with E-state index in [0.717, 1.165) is 6.35 Å². The number of ether oxygens (including phenoxy) is 1. The Morgan fingerprint density at radius 2 is 1.67 bits per heavy atom. The van der Waals surface area contributed by atoms with Crippen LogP contribution in [0.2, 0.25) is 0 Å². The summed E-state index contributed by atoms with van der Waals surface area (Å²) in [4.78, 5) is 0. The molecule has 0 radical (unpaired) electrons. The second kappa shape index (κ2) is 5.69. The predicted octanol–water partition coefficient (Wildman–Crippen LogP) is 0.859. The molecule has 0 spiro atoms. The molecule has 1 atom stereocenters. The zero-order valence-electron chi connectivity index (χ0n) is 6.00. The zero-order valence-corrected chi connectivity index (χ0v) is 7.97. The quantitative estimate of drug-likeness (QED) is 0.410. The lowest BCUT2D eigenvalue weighted by molar-refractivity contribution is -0.0510. The van der Waals surface area contributed by atoms with Crippen molar-refractivity contribution in [3.8, 4) is 0 Å². The molecular weight excluding hydrogens is 220 g/mol. The summed E-state index contributed by atoms with van der Waals surface area (Å²) in [5.41, 5.74) is -5.53. The molecule has 0 aromatic carbocycles. The monoisotopic (exact) mass is 228 g/mol. The van der Waals surface area contributed by atoms with E-state index in [9.17, 15) is 13.2 Å². The fourth-order valence-electron chi connectivity index (χ4n) is 0. The highest BCUT2D eigenvalue weighted by atomic mass is 32.2. The molecule has 0 aliphatic rings. The molecule has 4 nitrogen and oxygen atoms in total. The molecule has 0 amide bonds. The Balaban J connectivity index is 0. The van der Waals surface area contributed by atoms with Crippen LogP contribution in [-0.2, 0) is 14.9 Å². The van der Waals surface area contributed by atoms with Crippen LogP contribution in [0.25, 0.3) is 0 Å². The summed E-state index contributed by atoms with van der Waals surface area (Å²) in [5, 5.41) is 0. The third-order valence-corrected chi connectivity index (χ3v) is 1.38. The van der Waals surface area contributed by atoms with Gasteiger partial charge in [0.25, 0.3) is 0 Å². The van der Waals surface area contributed by atoms with Gasteiger partial charge in [-0.15, -0.1) is 9.24 Å². The van der Waals surface area contributed by atoms with E-state index < -0.39 is 15.6 Å². The van der Waals surface area contributed by atoms with E-state index in [0.29, 0.717) is 0 Å². The summed E-state index contributed by atoms with van der Waals surface area (Å²) < 4.78 is 62.0. The maximum Gasteiger partial charge on any atom is 0.522 e. The Bertz CT molecular complexity index is 196. The van der Waals surface area contributed by atoms with Crippen LogP contribution in [0, 0.1) is 0 Å². The number of methoxy groups -OCH3 is 1. The average molecular weight is 228 g/mol. The van der Waals surface area contributed by atoms with Gasteiger partial charge in [0, 0.05) is 7.11 Å². The molecule has 0 fully saturated rings. The minimum Gasteiger partial charge on any atom is -0.381 e. The van der Waals surface area contributed by atoms with Crippen LogP contribution >= 0.6 is 9.24 Å². The number of alkyl halides is 3. The lowest BCUT2D eigenvalue weighted by Gasteiger charge is -1.97. The van der Waals surface area contributed by atoms with Crippen LogP contribution in [0.15, 0.2) is 0 Å². The van der Waals surface area contributed by atoms with Crippen LogP contribution in [-0.4, -0.2) is 31.9 Å². The molecule has 1 unspecified atom stereocenters. The summed E-state index contributed by atoms with van der Waals surface area (Å²) in [6.07, 6.45) is 0.736. The van der Waals surface area contributed by atoms with Gasteiger partial charge in [-0.2, -0.15) is 21.6 Å². The van der Waals surface area contributed by atoms with Crippen molar-refractivity contribution in [2.75, 3.05) is 13.5 Å². The molecule has 0 rings (SSSR count). The molecule has 0 saturated carbocycles. The first kappa shape index (κ1) is 14.6. The first-order chi connectivity index (χ1) is 5.16. The second-order valence-corrected chi connectivity index (χ2v) is 3.12. The Morgan fingerprint density at radius 1 is 1.50 bits per heavy atom. The van der Waals surface area contributed by atoms with E-state index >= 15 is 0 Å². The Morgan fingerprint density at radius 3 is 1.67 bits per heavy atom. The first-order valence-corrected chi connectivity index (χ1v) is 4.65. The fourth-order valence-corrected chi connectivity index (χ4v) is 0. The Hall–Kier alpha value is 0.0900. The minimum absolute atomic E-state index is 0.736. The van der Waals surface area contributed by atoms with Crippen molar-refractivity contribution in [3.05, 3.63) is 0 Å². The second-order valence-electron chi connectivity index (χ2n) is 1.38. The van der Waals surface area contributed by atoms with Crippen molar-refractivity contribution in [2.45, 2.75) is 5.51 Å². The van der Waals surface area contributed by atoms with Gasteiger partial charge in [0.05, 0.1) is 6.35 Å². The van der Waals surface area contributed by atoms with Crippen LogP contribution < -0.4 is 0 Å². The largest absolute Gasteiger partial charge is 0.522 e. The van der Waals surface area contributed by atoms with Crippen molar-refractivity contribution in [3.63, 3.8) is 0 Å². The van der Waals surface area contributed by atoms with Gasteiger partial charge in [-0.1, -0.05) is 0 Å². The number of rotatable bonds is 1. The number of hydrogen-bond donors (Lipinski definition) is 1. The zero-order chi connectivity index (χ0) is 10.4. The maximum atomic E-state index is 10.7. The topological polar surface area (TPSA) is 63.6 Å². The van der Waals surface area contributed by atoms with Crippen LogP contribution in [0.4, 0.5) is 13.2 Å². The summed E-state index contributed by atoms with van der Waals surface area (Å²) in [7, 11) is -1.75. The molecule has 76 valence electrons. The number of halogens is 3. The van der Waals surface area contributed by atoms with Gasteiger partial charge in [-0.05, 0) is 0 Å². The molecule has 9 heteroatoms. The molecule has 1 N–H and O–H groups in total. The van der Waals surface area contributed by atoms with Crippen molar-refractivity contribution in [1.82, 2.24) is 0 Å². The summed E-state index contributed by atoms with van der Waals surface area (Å²) in [6.45, 7) is 0. The van der Waals surface area contributed by atoms with E-state index in [2.05, 4.69) is 14.0 Å². The lowest BCUT2D eigenvalue weighted by atomic mass is 11.5. The Labute approximate surface area is 70.0 Å². The average Bonchev–Trinajstić information content (AvgIpc) is 1.84. The summed E-state index contributed by atoms with van der Waals surface area (Å²) in [6, 6.07) is 0. The maximum absolute atomic E-state index is 10.7. The van der Waals surface area contributed by atoms with E-state index in [1.54, 1.807) is 7.11 Å². The minimum atomic E-state index is -5.84. The third-order valence-electron chi connectivity index (χ3n) is 0.459. The first-order valence-electron chi connectivity index (χ1n) is 2.39. The summed E-state index contributed by atoms with van der Waals surface area (Å²) in [5.74, 6) is 0. The lowest BCUT2D eigenvalue weighted by Crippen LogP contribution is -2.21. The standard InChI is InChI=1S/C2H7OP.CHF3O3S/c1-3-2-4;2-1(3,4)8(5,6)7/h2,4H2,1H3;(H,5,6,7). The van der Waals surface area contributed by atoms with E-state index in [1.807, 2.05) is 0 Å². The van der Waals surface area contributed by atoms with Gasteiger partial charge >= 0.3 is 15.6 Å². The van der Waals surface area contributed by atoms with Gasteiger partial charge in [-0.25, -0.2) is 0 Å². The predicted molar refractivity (Wildman–Crippen MR) is 39.2 cm³/mol. The molecular formula is C3H8F3O4PS. The van der Waals surface area contributed by atoms with Gasteiger partial charge in [-0.3, -0.25) is 4.55 Å². The van der Waals surface area contributed by atoms with E-state index in [4.69, 9.17) is 13.0 Å². The molecule has 0 aliphatic carbocycles. The van der Waals surface area contributed by atoms with Gasteiger partial charge in [0.2, 0.25) is 0 Å². The van der Waals surface area contributed by atoms with Crippen molar-refractivity contribution >= 4 is 19.4 Å². The molecule has 12 heavy (non-hydrogen) atoms. The Kier molecular flexibility index (Phi) is 6.92. The highest BCUT2D eigenvalue weighted by Crippen LogP contribution is 2.20. The van der Waals surface area contributed by atoms with Crippen LogP contribution in [0.1, 0.15) is 0 Å². The molecule has 0 bridgehead atoms. The molecule has 0 saturated heterocycles. The third kappa shape index (κ3) is 8.19. The van der Waals surface area contributed by atoms with Crippen molar-refractivity contribution < 1.29 is 30.9 Å². The van der Waals surface area contributed by atoms with Gasteiger partial charge in [0.1, 0.15) is 0 Å². The van der Waals surface area contributed by atoms with E-state index in [1.165, 1.54) is 0 Å². The molecule has 0 heterocycles. The fraction of sp³-hybridized carbons (Fsp3) is 1.00. The van der Waals surface area contributed by atoms with E-state index in [-0.39, 0.29) is 0 Å². The highest BCUT2D eigenvalue weighted by molar-refractivity contribution is 7.86. The molecule has 0 aliphatic heterocycles. The summed E-state index contributed by atoms with van der Waals surface area (Å²) >= 11 is 0. The molecule has 0 aromatic heterocycles. The highest BCUT2D eigenvalue weighted by Gasteiger charge is 2.44. The van der Waals surface area contributed by atoms with Crippen LogP contribution in [0.3, 0.4) is 0 Å². The van der Waals surface area contributed by atoms with Gasteiger partial charge < -0.3 is 4.74 Å². The smallest absolute Gasteiger partial charge is 0.381 e. The normalized spacial score (nSPS) is 11.8. The van der Waals surface area contributed by atoms with Crippen LogP contribution in [0.5, 0.6) is 0 Å². The SMILES string of the molecule is COCP.O=S(=O)(O)C(F)(F)F. The number of hydrogen-bond acceptors (Lipinski definition) is 3. The van der Waals surface area contributed by atoms with Gasteiger partial charge in [0.15, 0.2) is 0 Å². The van der Waals surface area contributed by atoms with Crippen molar-refractivity contribution in [2.24, 2.45) is 0 Å².